The first-order valence-corrected chi connectivity index (χ1v) is 9.99. The van der Waals surface area contributed by atoms with Gasteiger partial charge in [0.05, 0.1) is 0 Å². The third-order valence-electron chi connectivity index (χ3n) is 3.46. The topological polar surface area (TPSA) is 66.0 Å². The molecule has 2 N–H and O–H groups in total. The maximum atomic E-state index is 11.6. The summed E-state index contributed by atoms with van der Waals surface area (Å²) in [5, 5.41) is 6.07. The van der Waals surface area contributed by atoms with Crippen molar-refractivity contribution in [2.24, 2.45) is 4.99 Å². The summed E-state index contributed by atoms with van der Waals surface area (Å²) < 4.78 is 5.20. The molecule has 1 aromatic rings. The third kappa shape index (κ3) is 8.99. The van der Waals surface area contributed by atoms with Crippen LogP contribution >= 0.6 is 11.8 Å². The zero-order valence-electron chi connectivity index (χ0n) is 16.8. The van der Waals surface area contributed by atoms with E-state index in [9.17, 15) is 4.79 Å². The van der Waals surface area contributed by atoms with Crippen LogP contribution in [0.4, 0.5) is 4.79 Å². The number of guanidine groups is 1. The lowest BCUT2D eigenvalue weighted by Gasteiger charge is -2.22. The number of carbonyl (C=O) groups is 1. The van der Waals surface area contributed by atoms with Crippen LogP contribution in [-0.2, 0) is 11.3 Å². The highest BCUT2D eigenvalue weighted by Gasteiger charge is 2.15. The van der Waals surface area contributed by atoms with Crippen molar-refractivity contribution < 1.29 is 9.53 Å². The van der Waals surface area contributed by atoms with Gasteiger partial charge >= 0.3 is 6.09 Å². The van der Waals surface area contributed by atoms with Crippen LogP contribution in [-0.4, -0.2) is 56.0 Å². The van der Waals surface area contributed by atoms with Crippen LogP contribution in [0.1, 0.15) is 32.8 Å². The number of rotatable bonds is 7. The number of nitrogens with zero attached hydrogens (tertiary/aromatic N) is 2. The van der Waals surface area contributed by atoms with Gasteiger partial charge in [-0.05, 0) is 51.1 Å². The molecule has 7 heteroatoms. The Balaban J connectivity index is 2.32. The summed E-state index contributed by atoms with van der Waals surface area (Å²) in [4.78, 5) is 19.2. The van der Waals surface area contributed by atoms with Crippen LogP contribution in [0, 0.1) is 0 Å². The Labute approximate surface area is 161 Å². The van der Waals surface area contributed by atoms with Gasteiger partial charge in [-0.15, -0.1) is 11.8 Å². The molecule has 0 aliphatic rings. The van der Waals surface area contributed by atoms with Crippen molar-refractivity contribution in [3.63, 3.8) is 0 Å². The highest BCUT2D eigenvalue weighted by molar-refractivity contribution is 7.98. The minimum atomic E-state index is -0.471. The van der Waals surface area contributed by atoms with E-state index in [1.807, 2.05) is 27.8 Å². The van der Waals surface area contributed by atoms with Crippen LogP contribution in [0.3, 0.4) is 0 Å². The molecule has 0 fully saturated rings. The Morgan fingerprint density at radius 2 is 1.81 bits per heavy atom. The van der Waals surface area contributed by atoms with E-state index in [2.05, 4.69) is 51.0 Å². The van der Waals surface area contributed by atoms with Crippen molar-refractivity contribution in [2.45, 2.75) is 44.2 Å². The maximum Gasteiger partial charge on any atom is 0.407 e. The number of hydrogen-bond acceptors (Lipinski definition) is 4. The van der Waals surface area contributed by atoms with E-state index in [0.717, 1.165) is 25.5 Å². The summed E-state index contributed by atoms with van der Waals surface area (Å²) >= 11 is 1.74. The maximum absolute atomic E-state index is 11.6. The molecule has 146 valence electrons. The fraction of sp³-hybridized carbons (Fsp3) is 0.579. The first kappa shape index (κ1) is 22.2. The summed E-state index contributed by atoms with van der Waals surface area (Å²) in [6.07, 6.45) is 2.48. The fourth-order valence-electron chi connectivity index (χ4n) is 2.26. The number of alkyl carbamates (subject to hydrolysis) is 1. The number of nitrogens with one attached hydrogen (secondary N) is 2. The van der Waals surface area contributed by atoms with Gasteiger partial charge in [0.1, 0.15) is 5.60 Å². The number of carbonyl (C=O) groups excluding carboxylic acids is 1. The molecular formula is C19H32N4O2S. The van der Waals surface area contributed by atoms with Crippen molar-refractivity contribution in [3.05, 3.63) is 29.8 Å². The highest BCUT2D eigenvalue weighted by atomic mass is 32.2. The molecule has 0 aliphatic carbocycles. The van der Waals surface area contributed by atoms with Gasteiger partial charge in [-0.3, -0.25) is 4.99 Å². The molecule has 0 unspecified atom stereocenters. The summed E-state index contributed by atoms with van der Waals surface area (Å²) in [6, 6.07) is 8.54. The lowest BCUT2D eigenvalue weighted by molar-refractivity contribution is 0.0527. The summed E-state index contributed by atoms with van der Waals surface area (Å²) in [5.74, 6) is 0.830. The number of thioether (sulfide) groups is 1. The Bertz CT molecular complexity index is 582. The van der Waals surface area contributed by atoms with Gasteiger partial charge in [-0.1, -0.05) is 12.1 Å². The highest BCUT2D eigenvalue weighted by Crippen LogP contribution is 2.15. The number of hydrogen-bond donors (Lipinski definition) is 2. The van der Waals surface area contributed by atoms with Gasteiger partial charge in [0.2, 0.25) is 0 Å². The van der Waals surface area contributed by atoms with Crippen molar-refractivity contribution in [1.29, 1.82) is 0 Å². The molecule has 1 aromatic carbocycles. The average Bonchev–Trinajstić information content (AvgIpc) is 2.57. The van der Waals surface area contributed by atoms with Gasteiger partial charge in [0.25, 0.3) is 0 Å². The molecule has 0 spiro atoms. The molecule has 26 heavy (non-hydrogen) atoms. The standard InChI is InChI=1S/C19H32N4O2S/c1-19(2,3)25-18(24)22-13-7-12-21-17(20-4)23(5)14-15-8-10-16(26-6)11-9-15/h8-11H,7,12-14H2,1-6H3,(H,20,21)(H,22,24). The van der Waals surface area contributed by atoms with Gasteiger partial charge in [0, 0.05) is 38.6 Å². The minimum absolute atomic E-state index is 0.382. The van der Waals surface area contributed by atoms with Gasteiger partial charge in [0.15, 0.2) is 5.96 Å². The van der Waals surface area contributed by atoms with Crippen LogP contribution in [0.5, 0.6) is 0 Å². The van der Waals surface area contributed by atoms with E-state index in [1.54, 1.807) is 18.8 Å². The second-order valence-corrected chi connectivity index (χ2v) is 7.84. The number of benzene rings is 1. The molecule has 0 atom stereocenters. The van der Waals surface area contributed by atoms with Crippen LogP contribution < -0.4 is 10.6 Å². The van der Waals surface area contributed by atoms with Crippen molar-refractivity contribution in [1.82, 2.24) is 15.5 Å². The Morgan fingerprint density at radius 1 is 1.19 bits per heavy atom. The van der Waals surface area contributed by atoms with Crippen molar-refractivity contribution >= 4 is 23.8 Å². The van der Waals surface area contributed by atoms with Gasteiger partial charge < -0.3 is 20.3 Å². The largest absolute Gasteiger partial charge is 0.444 e. The predicted octanol–water partition coefficient (Wildman–Crippen LogP) is 3.33. The monoisotopic (exact) mass is 380 g/mol. The summed E-state index contributed by atoms with van der Waals surface area (Å²) in [5.41, 5.74) is 0.765. The van der Waals surface area contributed by atoms with Crippen molar-refractivity contribution in [2.75, 3.05) is 33.4 Å². The Kier molecular flexibility index (Phi) is 9.34. The molecule has 0 bridgehead atoms. The molecular weight excluding hydrogens is 348 g/mol. The van der Waals surface area contributed by atoms with Gasteiger partial charge in [-0.25, -0.2) is 4.79 Å². The number of amides is 1. The molecule has 0 saturated carbocycles. The van der Waals surface area contributed by atoms with E-state index in [1.165, 1.54) is 10.5 Å². The molecule has 0 aliphatic heterocycles. The molecule has 0 aromatic heterocycles. The molecule has 0 radical (unpaired) electrons. The first-order valence-electron chi connectivity index (χ1n) is 8.76. The Morgan fingerprint density at radius 3 is 2.35 bits per heavy atom. The van der Waals surface area contributed by atoms with Crippen LogP contribution in [0.15, 0.2) is 34.2 Å². The lowest BCUT2D eigenvalue weighted by Crippen LogP contribution is -2.40. The van der Waals surface area contributed by atoms with Crippen LogP contribution in [0.2, 0.25) is 0 Å². The Hall–Kier alpha value is -1.89. The fourth-order valence-corrected chi connectivity index (χ4v) is 2.67. The number of aliphatic imine (C=N–C) groups is 1. The van der Waals surface area contributed by atoms with E-state index in [-0.39, 0.29) is 6.09 Å². The first-order chi connectivity index (χ1) is 12.2. The lowest BCUT2D eigenvalue weighted by atomic mass is 10.2. The van der Waals surface area contributed by atoms with E-state index >= 15 is 0 Å². The predicted molar refractivity (Wildman–Crippen MR) is 110 cm³/mol. The van der Waals surface area contributed by atoms with E-state index in [0.29, 0.717) is 6.54 Å². The molecule has 6 nitrogen and oxygen atoms in total. The SMILES string of the molecule is CN=C(NCCCNC(=O)OC(C)(C)C)N(C)Cc1ccc(SC)cc1. The minimum Gasteiger partial charge on any atom is -0.444 e. The second-order valence-electron chi connectivity index (χ2n) is 6.96. The van der Waals surface area contributed by atoms with Gasteiger partial charge in [-0.2, -0.15) is 0 Å². The zero-order valence-corrected chi connectivity index (χ0v) is 17.6. The molecule has 1 rings (SSSR count). The second kappa shape index (κ2) is 11.0. The van der Waals surface area contributed by atoms with Crippen LogP contribution in [0.25, 0.3) is 0 Å². The summed E-state index contributed by atoms with van der Waals surface area (Å²) in [6.45, 7) is 7.61. The van der Waals surface area contributed by atoms with E-state index < -0.39 is 5.60 Å². The van der Waals surface area contributed by atoms with E-state index in [4.69, 9.17) is 4.74 Å². The number of ether oxygens (including phenoxy) is 1. The zero-order chi connectivity index (χ0) is 19.6. The molecule has 0 saturated heterocycles. The quantitative estimate of drug-likeness (QED) is 0.329. The molecule has 1 amide bonds. The normalized spacial score (nSPS) is 11.8. The molecule has 0 heterocycles. The average molecular weight is 381 g/mol. The summed E-state index contributed by atoms with van der Waals surface area (Å²) in [7, 11) is 3.78. The van der Waals surface area contributed by atoms with Crippen molar-refractivity contribution in [3.8, 4) is 0 Å². The third-order valence-corrected chi connectivity index (χ3v) is 4.20. The smallest absolute Gasteiger partial charge is 0.407 e.